The van der Waals surface area contributed by atoms with Crippen LogP contribution in [-0.2, 0) is 4.79 Å². The van der Waals surface area contributed by atoms with Crippen LogP contribution < -0.4 is 10.2 Å². The van der Waals surface area contributed by atoms with Crippen LogP contribution in [0, 0.1) is 17.0 Å². The Morgan fingerprint density at radius 3 is 2.72 bits per heavy atom. The molecule has 3 rings (SSSR count). The Labute approximate surface area is 145 Å². The molecule has 2 aromatic rings. The fourth-order valence-corrected chi connectivity index (χ4v) is 3.16. The second-order valence-corrected chi connectivity index (χ2v) is 6.17. The van der Waals surface area contributed by atoms with E-state index in [9.17, 15) is 14.9 Å². The maximum absolute atomic E-state index is 11.8. The second-order valence-electron chi connectivity index (χ2n) is 6.17. The summed E-state index contributed by atoms with van der Waals surface area (Å²) in [6, 6.07) is 8.62. The second kappa shape index (κ2) is 6.88. The zero-order chi connectivity index (χ0) is 18.0. The summed E-state index contributed by atoms with van der Waals surface area (Å²) in [7, 11) is 0. The third-order valence-corrected chi connectivity index (χ3v) is 4.51. The van der Waals surface area contributed by atoms with E-state index in [1.807, 2.05) is 25.1 Å². The number of nitrogens with one attached hydrogen (secondary N) is 1. The minimum absolute atomic E-state index is 0.113. The summed E-state index contributed by atoms with van der Waals surface area (Å²) < 4.78 is 0. The molecule has 1 N–H and O–H groups in total. The van der Waals surface area contributed by atoms with Gasteiger partial charge >= 0.3 is 0 Å². The molecule has 0 spiro atoms. The molecule has 1 amide bonds. The number of anilines is 2. The molecular formula is C18H20N4O3. The first-order valence-electron chi connectivity index (χ1n) is 8.24. The number of aromatic nitrogens is 1. The van der Waals surface area contributed by atoms with Gasteiger partial charge in [0.05, 0.1) is 22.8 Å². The quantitative estimate of drug-likeness (QED) is 0.663. The smallest absolute Gasteiger partial charge is 0.272 e. The molecule has 2 heterocycles. The van der Waals surface area contributed by atoms with E-state index in [1.54, 1.807) is 24.1 Å². The predicted molar refractivity (Wildman–Crippen MR) is 95.7 cm³/mol. The lowest BCUT2D eigenvalue weighted by Crippen LogP contribution is -2.23. The van der Waals surface area contributed by atoms with Gasteiger partial charge in [-0.25, -0.2) is 4.98 Å². The van der Waals surface area contributed by atoms with Crippen LogP contribution in [0.2, 0.25) is 0 Å². The van der Waals surface area contributed by atoms with Crippen molar-refractivity contribution in [3.8, 4) is 0 Å². The van der Waals surface area contributed by atoms with E-state index >= 15 is 0 Å². The molecule has 1 fully saturated rings. The average molecular weight is 340 g/mol. The number of rotatable bonds is 5. The van der Waals surface area contributed by atoms with Crippen molar-refractivity contribution in [1.82, 2.24) is 4.98 Å². The van der Waals surface area contributed by atoms with Crippen molar-refractivity contribution < 1.29 is 9.72 Å². The van der Waals surface area contributed by atoms with Gasteiger partial charge in [0.15, 0.2) is 0 Å². The first-order valence-corrected chi connectivity index (χ1v) is 8.24. The highest BCUT2D eigenvalue weighted by Crippen LogP contribution is 2.28. The van der Waals surface area contributed by atoms with E-state index in [4.69, 9.17) is 0 Å². The van der Waals surface area contributed by atoms with E-state index in [-0.39, 0.29) is 22.6 Å². The standard InChI is InChI=1S/C18H20N4O3/c1-12-15(5-3-6-16(12)22(24)25)13(2)20-17-9-8-14(11-19-17)21-10-4-7-18(21)23/h3,5-6,8-9,11,13H,4,7,10H2,1-2H3,(H,19,20)/t13-/m1/s1. The number of hydrogen-bond donors (Lipinski definition) is 1. The molecule has 1 aromatic heterocycles. The zero-order valence-electron chi connectivity index (χ0n) is 14.2. The molecular weight excluding hydrogens is 320 g/mol. The Bertz CT molecular complexity index is 804. The molecule has 1 aliphatic heterocycles. The van der Waals surface area contributed by atoms with Crippen molar-refractivity contribution in [2.45, 2.75) is 32.7 Å². The molecule has 0 unspecified atom stereocenters. The number of carbonyl (C=O) groups excluding carboxylic acids is 1. The molecule has 1 saturated heterocycles. The Morgan fingerprint density at radius 1 is 1.32 bits per heavy atom. The molecule has 1 atom stereocenters. The minimum atomic E-state index is -0.369. The highest BCUT2D eigenvalue weighted by molar-refractivity contribution is 5.95. The van der Waals surface area contributed by atoms with Crippen molar-refractivity contribution in [3.63, 3.8) is 0 Å². The van der Waals surface area contributed by atoms with Gasteiger partial charge in [0.25, 0.3) is 5.69 Å². The number of pyridine rings is 1. The maximum atomic E-state index is 11.8. The highest BCUT2D eigenvalue weighted by Gasteiger charge is 2.22. The monoisotopic (exact) mass is 340 g/mol. The Kier molecular flexibility index (Phi) is 4.65. The number of carbonyl (C=O) groups is 1. The summed E-state index contributed by atoms with van der Waals surface area (Å²) >= 11 is 0. The minimum Gasteiger partial charge on any atom is -0.364 e. The fourth-order valence-electron chi connectivity index (χ4n) is 3.16. The fraction of sp³-hybridized carbons (Fsp3) is 0.333. The number of nitro groups is 1. The number of nitro benzene ring substituents is 1. The molecule has 25 heavy (non-hydrogen) atoms. The Morgan fingerprint density at radius 2 is 2.12 bits per heavy atom. The number of nitrogens with zero attached hydrogens (tertiary/aromatic N) is 3. The van der Waals surface area contributed by atoms with Crippen LogP contribution in [0.4, 0.5) is 17.2 Å². The topological polar surface area (TPSA) is 88.4 Å². The van der Waals surface area contributed by atoms with Gasteiger partial charge in [-0.05, 0) is 38.0 Å². The largest absolute Gasteiger partial charge is 0.364 e. The summed E-state index contributed by atoms with van der Waals surface area (Å²) in [6.07, 6.45) is 3.14. The number of amides is 1. The van der Waals surface area contributed by atoms with Gasteiger partial charge in [0.2, 0.25) is 5.91 Å². The molecule has 7 heteroatoms. The first kappa shape index (κ1) is 16.9. The molecule has 0 aliphatic carbocycles. The maximum Gasteiger partial charge on any atom is 0.272 e. The third kappa shape index (κ3) is 3.45. The van der Waals surface area contributed by atoms with E-state index in [0.717, 1.165) is 24.2 Å². The van der Waals surface area contributed by atoms with Crippen molar-refractivity contribution in [2.24, 2.45) is 0 Å². The van der Waals surface area contributed by atoms with E-state index < -0.39 is 0 Å². The van der Waals surface area contributed by atoms with Crippen LogP contribution in [-0.4, -0.2) is 22.4 Å². The summed E-state index contributed by atoms with van der Waals surface area (Å²) in [5.41, 5.74) is 2.41. The summed E-state index contributed by atoms with van der Waals surface area (Å²) in [5, 5.41) is 14.3. The molecule has 1 aliphatic rings. The van der Waals surface area contributed by atoms with Crippen molar-refractivity contribution >= 4 is 23.1 Å². The van der Waals surface area contributed by atoms with Gasteiger partial charge in [0.1, 0.15) is 5.82 Å². The van der Waals surface area contributed by atoms with Gasteiger partial charge in [-0.15, -0.1) is 0 Å². The molecule has 0 saturated carbocycles. The van der Waals surface area contributed by atoms with E-state index in [2.05, 4.69) is 10.3 Å². The molecule has 0 bridgehead atoms. The number of hydrogen-bond acceptors (Lipinski definition) is 5. The summed E-state index contributed by atoms with van der Waals surface area (Å²) in [6.45, 7) is 4.42. The van der Waals surface area contributed by atoms with E-state index in [1.165, 1.54) is 6.07 Å². The van der Waals surface area contributed by atoms with Crippen molar-refractivity contribution in [2.75, 3.05) is 16.8 Å². The Hall–Kier alpha value is -2.96. The normalized spacial score (nSPS) is 15.3. The molecule has 0 radical (unpaired) electrons. The van der Waals surface area contributed by atoms with E-state index in [0.29, 0.717) is 17.8 Å². The van der Waals surface area contributed by atoms with Crippen LogP contribution >= 0.6 is 0 Å². The van der Waals surface area contributed by atoms with Crippen LogP contribution in [0.3, 0.4) is 0 Å². The van der Waals surface area contributed by atoms with Gasteiger partial charge in [0, 0.05) is 24.6 Å². The van der Waals surface area contributed by atoms with Gasteiger partial charge < -0.3 is 10.2 Å². The lowest BCUT2D eigenvalue weighted by Gasteiger charge is -2.19. The van der Waals surface area contributed by atoms with Crippen LogP contribution in [0.25, 0.3) is 0 Å². The van der Waals surface area contributed by atoms with Gasteiger partial charge in [-0.3, -0.25) is 14.9 Å². The average Bonchev–Trinajstić information content (AvgIpc) is 3.01. The third-order valence-electron chi connectivity index (χ3n) is 4.51. The molecule has 1 aromatic carbocycles. The van der Waals surface area contributed by atoms with Crippen molar-refractivity contribution in [1.29, 1.82) is 0 Å². The SMILES string of the molecule is Cc1c([C@@H](C)Nc2ccc(N3CCCC3=O)cn2)cccc1[N+](=O)[O-]. The van der Waals surface area contributed by atoms with Crippen LogP contribution in [0.1, 0.15) is 36.9 Å². The highest BCUT2D eigenvalue weighted by atomic mass is 16.6. The molecule has 7 nitrogen and oxygen atoms in total. The summed E-state index contributed by atoms with van der Waals surface area (Å²) in [4.78, 5) is 28.6. The molecule has 130 valence electrons. The Balaban J connectivity index is 1.75. The lowest BCUT2D eigenvalue weighted by atomic mass is 10.0. The van der Waals surface area contributed by atoms with Gasteiger partial charge in [-0.2, -0.15) is 0 Å². The number of benzene rings is 1. The first-order chi connectivity index (χ1) is 12.0. The lowest BCUT2D eigenvalue weighted by molar-refractivity contribution is -0.385. The van der Waals surface area contributed by atoms with Crippen LogP contribution in [0.5, 0.6) is 0 Å². The van der Waals surface area contributed by atoms with Gasteiger partial charge in [-0.1, -0.05) is 12.1 Å². The zero-order valence-corrected chi connectivity index (χ0v) is 14.2. The predicted octanol–water partition coefficient (Wildman–Crippen LogP) is 3.60. The summed E-state index contributed by atoms with van der Waals surface area (Å²) in [5.74, 6) is 0.789. The van der Waals surface area contributed by atoms with Crippen molar-refractivity contribution in [3.05, 3.63) is 57.8 Å². The van der Waals surface area contributed by atoms with Crippen LogP contribution in [0.15, 0.2) is 36.5 Å².